The third-order valence-corrected chi connectivity index (χ3v) is 6.84. The summed E-state index contributed by atoms with van der Waals surface area (Å²) in [6, 6.07) is 9.69. The first-order valence-corrected chi connectivity index (χ1v) is 11.1. The average Bonchev–Trinajstić information content (AvgIpc) is 3.24. The summed E-state index contributed by atoms with van der Waals surface area (Å²) in [5, 5.41) is 12.5. The van der Waals surface area contributed by atoms with Gasteiger partial charge in [-0.25, -0.2) is 4.79 Å². The number of hydrogen-bond donors (Lipinski definition) is 1. The second-order valence-corrected chi connectivity index (χ2v) is 9.12. The fourth-order valence-corrected chi connectivity index (χ4v) is 4.88. The zero-order valence-electron chi connectivity index (χ0n) is 16.6. The summed E-state index contributed by atoms with van der Waals surface area (Å²) in [5.41, 5.74) is -1.88. The molecule has 0 aliphatic heterocycles. The van der Waals surface area contributed by atoms with Gasteiger partial charge >= 0.3 is 11.8 Å². The first-order valence-electron chi connectivity index (χ1n) is 9.43. The zero-order chi connectivity index (χ0) is 23.0. The van der Waals surface area contributed by atoms with E-state index in [4.69, 9.17) is 4.42 Å². The number of aromatic hydroxyl groups is 1. The highest BCUT2D eigenvalue weighted by Crippen LogP contribution is 2.38. The van der Waals surface area contributed by atoms with Crippen LogP contribution >= 0.6 is 23.1 Å². The topological polar surface area (TPSA) is 72.4 Å². The molecule has 32 heavy (non-hydrogen) atoms. The van der Waals surface area contributed by atoms with Crippen molar-refractivity contribution in [3.05, 3.63) is 84.8 Å². The lowest BCUT2D eigenvalue weighted by molar-refractivity contribution is -0.137. The van der Waals surface area contributed by atoms with Crippen molar-refractivity contribution < 1.29 is 22.7 Å². The van der Waals surface area contributed by atoms with Crippen molar-refractivity contribution in [2.75, 3.05) is 0 Å². The van der Waals surface area contributed by atoms with Gasteiger partial charge in [0.15, 0.2) is 5.75 Å². The monoisotopic (exact) mass is 479 g/mol. The Bertz CT molecular complexity index is 1410. The summed E-state index contributed by atoms with van der Waals surface area (Å²) < 4.78 is 45.7. The normalized spacial score (nSPS) is 11.9. The molecule has 0 fully saturated rings. The van der Waals surface area contributed by atoms with Crippen LogP contribution in [0.4, 0.5) is 13.2 Å². The lowest BCUT2D eigenvalue weighted by atomic mass is 10.2. The molecule has 0 aliphatic rings. The molecule has 0 saturated carbocycles. The predicted molar refractivity (Wildman–Crippen MR) is 117 cm³/mol. The van der Waals surface area contributed by atoms with E-state index in [0.717, 1.165) is 17.0 Å². The Morgan fingerprint density at radius 3 is 2.62 bits per heavy atom. The first kappa shape index (κ1) is 22.2. The van der Waals surface area contributed by atoms with Gasteiger partial charge in [0.2, 0.25) is 0 Å². The molecular formula is C22H16F3NO4S2. The fraction of sp³-hybridized carbons (Fsp3) is 0.182. The van der Waals surface area contributed by atoms with Crippen molar-refractivity contribution in [1.29, 1.82) is 0 Å². The van der Waals surface area contributed by atoms with Crippen molar-refractivity contribution in [3.8, 4) is 5.75 Å². The van der Waals surface area contributed by atoms with Gasteiger partial charge < -0.3 is 14.1 Å². The lowest BCUT2D eigenvalue weighted by Crippen LogP contribution is -2.24. The predicted octanol–water partition coefficient (Wildman–Crippen LogP) is 5.44. The van der Waals surface area contributed by atoms with Gasteiger partial charge in [0, 0.05) is 28.1 Å². The summed E-state index contributed by atoms with van der Waals surface area (Å²) in [6.45, 7) is 2.05. The Balaban J connectivity index is 1.78. The third-order valence-electron chi connectivity index (χ3n) is 4.85. The van der Waals surface area contributed by atoms with Crippen LogP contribution in [0.1, 0.15) is 16.1 Å². The number of aryl methyl sites for hydroxylation is 2. The maximum absolute atomic E-state index is 13.1. The van der Waals surface area contributed by atoms with Crippen LogP contribution in [0.25, 0.3) is 11.0 Å². The Labute approximate surface area is 187 Å². The highest BCUT2D eigenvalue weighted by Gasteiger charge is 2.30. The number of fused-ring (bicyclic) bond motifs is 1. The number of rotatable bonds is 5. The molecule has 4 aromatic rings. The molecule has 0 spiro atoms. The summed E-state index contributed by atoms with van der Waals surface area (Å²) in [4.78, 5) is 26.4. The Morgan fingerprint density at radius 2 is 1.94 bits per heavy atom. The molecule has 0 aliphatic carbocycles. The largest absolute Gasteiger partial charge is 0.505 e. The van der Waals surface area contributed by atoms with Crippen LogP contribution in [0.3, 0.4) is 0 Å². The van der Waals surface area contributed by atoms with E-state index in [9.17, 15) is 27.9 Å². The number of hydrogen-bond acceptors (Lipinski definition) is 6. The number of benzene rings is 1. The van der Waals surface area contributed by atoms with E-state index in [1.54, 1.807) is 18.3 Å². The number of nitrogens with zero attached hydrogens (tertiary/aromatic N) is 1. The van der Waals surface area contributed by atoms with E-state index in [1.165, 1.54) is 22.8 Å². The van der Waals surface area contributed by atoms with Gasteiger partial charge in [-0.2, -0.15) is 13.2 Å². The van der Waals surface area contributed by atoms with E-state index < -0.39 is 28.7 Å². The molecule has 0 radical (unpaired) electrons. The van der Waals surface area contributed by atoms with Crippen molar-refractivity contribution in [2.24, 2.45) is 0 Å². The Hall–Kier alpha value is -2.98. The van der Waals surface area contributed by atoms with Crippen LogP contribution in [0.5, 0.6) is 5.75 Å². The van der Waals surface area contributed by atoms with E-state index >= 15 is 0 Å². The summed E-state index contributed by atoms with van der Waals surface area (Å²) in [7, 11) is 0. The molecule has 0 bridgehead atoms. The Kier molecular flexibility index (Phi) is 5.91. The number of alkyl halides is 3. The minimum absolute atomic E-state index is 0.0734. The summed E-state index contributed by atoms with van der Waals surface area (Å²) in [6.07, 6.45) is -3.95. The van der Waals surface area contributed by atoms with Crippen molar-refractivity contribution in [3.63, 3.8) is 0 Å². The number of halogens is 3. The summed E-state index contributed by atoms with van der Waals surface area (Å²) in [5.74, 6) is -0.603. The van der Waals surface area contributed by atoms with Crippen LogP contribution in [0.15, 0.2) is 71.6 Å². The summed E-state index contributed by atoms with van der Waals surface area (Å²) >= 11 is 2.17. The number of aromatic nitrogens is 1. The number of pyridine rings is 1. The molecule has 0 unspecified atom stereocenters. The average molecular weight is 480 g/mol. The van der Waals surface area contributed by atoms with Crippen molar-refractivity contribution >= 4 is 34.1 Å². The maximum Gasteiger partial charge on any atom is 0.416 e. The van der Waals surface area contributed by atoms with Gasteiger partial charge in [-0.05, 0) is 43.0 Å². The molecule has 0 atom stereocenters. The molecule has 166 valence electrons. The van der Waals surface area contributed by atoms with E-state index in [-0.39, 0.29) is 20.8 Å². The maximum atomic E-state index is 13.1. The van der Waals surface area contributed by atoms with Crippen molar-refractivity contribution in [1.82, 2.24) is 4.57 Å². The molecule has 0 saturated heterocycles. The second kappa shape index (κ2) is 8.51. The molecule has 10 heteroatoms. The van der Waals surface area contributed by atoms with Gasteiger partial charge in [0.25, 0.3) is 5.56 Å². The Morgan fingerprint density at radius 1 is 1.16 bits per heavy atom. The minimum Gasteiger partial charge on any atom is -0.505 e. The smallest absolute Gasteiger partial charge is 0.416 e. The van der Waals surface area contributed by atoms with Crippen LogP contribution in [-0.2, 0) is 19.1 Å². The molecule has 3 aromatic heterocycles. The molecule has 1 N–H and O–H groups in total. The van der Waals surface area contributed by atoms with Crippen LogP contribution in [-0.4, -0.2) is 9.67 Å². The first-order chi connectivity index (χ1) is 15.1. The highest BCUT2D eigenvalue weighted by atomic mass is 32.2. The van der Waals surface area contributed by atoms with Crippen LogP contribution in [0.2, 0.25) is 0 Å². The van der Waals surface area contributed by atoms with Gasteiger partial charge in [0.1, 0.15) is 15.9 Å². The highest BCUT2D eigenvalue weighted by molar-refractivity contribution is 7.99. The van der Waals surface area contributed by atoms with Gasteiger partial charge in [0.05, 0.1) is 5.56 Å². The molecule has 3 heterocycles. The minimum atomic E-state index is -4.56. The van der Waals surface area contributed by atoms with Gasteiger partial charge in [-0.3, -0.25) is 4.79 Å². The molecule has 0 amide bonds. The van der Waals surface area contributed by atoms with Gasteiger partial charge in [-0.15, -0.1) is 11.3 Å². The van der Waals surface area contributed by atoms with Crippen molar-refractivity contribution in [2.45, 2.75) is 35.9 Å². The SMILES string of the molecule is Cc1cc2oc(=O)c(Sc3cccc(C(F)(F)F)c3)c(O)c2c(=O)n1CCc1cccs1. The van der Waals surface area contributed by atoms with Crippen LogP contribution < -0.4 is 11.2 Å². The number of thiophene rings is 1. The zero-order valence-corrected chi connectivity index (χ0v) is 18.2. The third kappa shape index (κ3) is 4.33. The van der Waals surface area contributed by atoms with E-state index in [1.807, 2.05) is 17.5 Å². The standard InChI is InChI=1S/C22H16F3NO4S2/c1-12-10-16-17(20(28)26(12)8-7-14-6-3-9-31-14)18(27)19(21(29)30-16)32-15-5-2-4-13(11-15)22(23,24)25/h2-6,9-11,27H,7-8H2,1H3. The molecule has 1 aromatic carbocycles. The quantitative estimate of drug-likeness (QED) is 0.413. The van der Waals surface area contributed by atoms with E-state index in [0.29, 0.717) is 30.4 Å². The van der Waals surface area contributed by atoms with Crippen LogP contribution in [0, 0.1) is 6.92 Å². The van der Waals surface area contributed by atoms with E-state index in [2.05, 4.69) is 0 Å². The van der Waals surface area contributed by atoms with Gasteiger partial charge in [-0.1, -0.05) is 23.9 Å². The molecule has 4 rings (SSSR count). The fourth-order valence-electron chi connectivity index (χ4n) is 3.29. The second-order valence-electron chi connectivity index (χ2n) is 7.01. The molecular weight excluding hydrogens is 463 g/mol. The molecule has 5 nitrogen and oxygen atoms in total. The lowest BCUT2D eigenvalue weighted by Gasteiger charge is -2.13.